The largest absolute Gasteiger partial charge is 0.392 e. The Bertz CT molecular complexity index is 936. The van der Waals surface area contributed by atoms with Gasteiger partial charge < -0.3 is 15.3 Å². The number of hydrogen-bond donors (Lipinski definition) is 2. The van der Waals surface area contributed by atoms with Crippen molar-refractivity contribution in [2.75, 3.05) is 18.9 Å². The molecule has 1 aromatic heterocycles. The van der Waals surface area contributed by atoms with E-state index in [2.05, 4.69) is 25.2 Å². The first-order chi connectivity index (χ1) is 15.2. The van der Waals surface area contributed by atoms with Crippen LogP contribution < -0.4 is 5.32 Å². The van der Waals surface area contributed by atoms with Crippen molar-refractivity contribution in [1.82, 2.24) is 9.88 Å². The molecule has 0 aliphatic heterocycles. The third kappa shape index (κ3) is 4.17. The smallest absolute Gasteiger partial charge is 0.229 e. The molecule has 3 aliphatic carbocycles. The Morgan fingerprint density at radius 2 is 2.12 bits per heavy atom. The molecule has 174 valence electrons. The maximum atomic E-state index is 12.9. The van der Waals surface area contributed by atoms with E-state index in [0.29, 0.717) is 18.1 Å². The molecule has 1 heterocycles. The number of hydrogen-bond acceptors (Lipinski definition) is 6. The molecule has 8 heteroatoms. The molecular formula is C24H34N4O3S. The Kier molecular flexibility index (Phi) is 6.34. The molecule has 2 fully saturated rings. The molecule has 0 spiro atoms. The molecule has 1 aromatic rings. The van der Waals surface area contributed by atoms with Crippen molar-refractivity contribution < 1.29 is 14.7 Å². The number of nitrogens with one attached hydrogen (secondary N) is 1. The number of aliphatic hydroxyl groups excluding tert-OH is 1. The minimum atomic E-state index is -0.591. The van der Waals surface area contributed by atoms with Gasteiger partial charge >= 0.3 is 0 Å². The minimum absolute atomic E-state index is 0.00390. The molecule has 2 N–H and O–H groups in total. The van der Waals surface area contributed by atoms with E-state index in [1.54, 1.807) is 23.3 Å². The summed E-state index contributed by atoms with van der Waals surface area (Å²) in [6, 6.07) is 2.09. The molecule has 2 saturated carbocycles. The highest BCUT2D eigenvalue weighted by molar-refractivity contribution is 7.15. The van der Waals surface area contributed by atoms with Crippen LogP contribution in [0.15, 0.2) is 0 Å². The zero-order chi connectivity index (χ0) is 23.2. The van der Waals surface area contributed by atoms with Crippen molar-refractivity contribution in [2.24, 2.45) is 29.1 Å². The highest BCUT2D eigenvalue weighted by Gasteiger charge is 2.54. The van der Waals surface area contributed by atoms with Crippen molar-refractivity contribution in [1.29, 1.82) is 5.26 Å². The number of nitrogens with zero attached hydrogens (tertiary/aromatic N) is 3. The Balaban J connectivity index is 1.52. The zero-order valence-corrected chi connectivity index (χ0v) is 20.2. The van der Waals surface area contributed by atoms with Gasteiger partial charge in [-0.15, -0.1) is 11.3 Å². The van der Waals surface area contributed by atoms with Gasteiger partial charge in [-0.2, -0.15) is 5.26 Å². The molecule has 0 unspecified atom stereocenters. The summed E-state index contributed by atoms with van der Waals surface area (Å²) in [5, 5.41) is 24.0. The fourth-order valence-corrected chi connectivity index (χ4v) is 7.28. The minimum Gasteiger partial charge on any atom is -0.392 e. The number of anilines is 1. The third-order valence-electron chi connectivity index (χ3n) is 8.07. The first kappa shape index (κ1) is 23.2. The normalized spacial score (nSPS) is 32.2. The van der Waals surface area contributed by atoms with Crippen molar-refractivity contribution in [3.8, 4) is 6.07 Å². The van der Waals surface area contributed by atoms with Crippen LogP contribution in [-0.4, -0.2) is 46.5 Å². The number of nitriles is 1. The Morgan fingerprint density at radius 1 is 1.41 bits per heavy atom. The number of aliphatic hydroxyl groups is 1. The standard InChI is InChI=1S/C24H34N4O3S/c1-13(22(31)28(4)11-5-10-25)16-8-9-24(3)12-17-19(14(2)18(24)20(16)29)26-23(32-17)27-21(30)15-6-7-15/h13-16,18,20,29H,5-9,11-12H2,1-4H3,(H,26,27,30)/t13-,14-,16+,18+,20-,24+/m0/s1. The number of carbonyl (C=O) groups excluding carboxylic acids is 2. The number of carbonyl (C=O) groups is 2. The van der Waals surface area contributed by atoms with E-state index in [-0.39, 0.29) is 46.8 Å². The first-order valence-corrected chi connectivity index (χ1v) is 12.6. The maximum absolute atomic E-state index is 12.9. The molecule has 32 heavy (non-hydrogen) atoms. The molecule has 6 atom stereocenters. The van der Waals surface area contributed by atoms with E-state index in [1.807, 2.05) is 6.92 Å². The van der Waals surface area contributed by atoms with Crippen LogP contribution in [0.1, 0.15) is 69.4 Å². The van der Waals surface area contributed by atoms with Gasteiger partial charge in [-0.1, -0.05) is 20.8 Å². The Hall–Kier alpha value is -1.98. The van der Waals surface area contributed by atoms with Gasteiger partial charge in [0.2, 0.25) is 11.8 Å². The molecule has 2 amide bonds. The first-order valence-electron chi connectivity index (χ1n) is 11.8. The van der Waals surface area contributed by atoms with Gasteiger partial charge in [0.05, 0.1) is 24.3 Å². The summed E-state index contributed by atoms with van der Waals surface area (Å²) in [5.41, 5.74) is 0.940. The van der Waals surface area contributed by atoms with E-state index in [0.717, 1.165) is 37.8 Å². The lowest BCUT2D eigenvalue weighted by Gasteiger charge is -2.53. The summed E-state index contributed by atoms with van der Waals surface area (Å²) >= 11 is 1.58. The van der Waals surface area contributed by atoms with E-state index in [9.17, 15) is 14.7 Å². The monoisotopic (exact) mass is 458 g/mol. The molecule has 0 aromatic carbocycles. The van der Waals surface area contributed by atoms with Crippen LogP contribution in [0.3, 0.4) is 0 Å². The number of thiazole rings is 1. The number of rotatable bonds is 6. The Morgan fingerprint density at radius 3 is 2.78 bits per heavy atom. The second-order valence-corrected chi connectivity index (χ2v) is 11.5. The average Bonchev–Trinajstić information content (AvgIpc) is 3.52. The van der Waals surface area contributed by atoms with Crippen LogP contribution in [0.4, 0.5) is 5.13 Å². The summed E-state index contributed by atoms with van der Waals surface area (Å²) < 4.78 is 0. The third-order valence-corrected chi connectivity index (χ3v) is 9.05. The second-order valence-electron chi connectivity index (χ2n) is 10.4. The zero-order valence-electron chi connectivity index (χ0n) is 19.4. The lowest BCUT2D eigenvalue weighted by molar-refractivity contribution is -0.143. The predicted octanol–water partition coefficient (Wildman–Crippen LogP) is 3.55. The van der Waals surface area contributed by atoms with Gasteiger partial charge in [0.25, 0.3) is 0 Å². The van der Waals surface area contributed by atoms with Crippen LogP contribution >= 0.6 is 11.3 Å². The molecule has 0 radical (unpaired) electrons. The van der Waals surface area contributed by atoms with Gasteiger partial charge in [0.1, 0.15) is 0 Å². The highest BCUT2D eigenvalue weighted by atomic mass is 32.1. The highest BCUT2D eigenvalue weighted by Crippen LogP contribution is 2.57. The quantitative estimate of drug-likeness (QED) is 0.678. The predicted molar refractivity (Wildman–Crippen MR) is 123 cm³/mol. The number of aromatic nitrogens is 1. The molecule has 7 nitrogen and oxygen atoms in total. The van der Waals surface area contributed by atoms with Crippen LogP contribution in [0.25, 0.3) is 0 Å². The SMILES string of the molecule is C[C@H](C(=O)N(C)CCC#N)[C@H]1CC[C@]2(C)Cc3sc(NC(=O)C4CC4)nc3[C@@H](C)[C@@H]2[C@H]1O. The van der Waals surface area contributed by atoms with E-state index in [4.69, 9.17) is 10.2 Å². The van der Waals surface area contributed by atoms with Gasteiger partial charge in [-0.25, -0.2) is 4.98 Å². The van der Waals surface area contributed by atoms with E-state index in [1.165, 1.54) is 4.88 Å². The molecule has 4 rings (SSSR count). The van der Waals surface area contributed by atoms with E-state index < -0.39 is 6.10 Å². The summed E-state index contributed by atoms with van der Waals surface area (Å²) in [5.74, 6) is -0.125. The van der Waals surface area contributed by atoms with Gasteiger partial charge in [-0.3, -0.25) is 9.59 Å². The lowest BCUT2D eigenvalue weighted by atomic mass is 9.53. The molecular weight excluding hydrogens is 424 g/mol. The van der Waals surface area contributed by atoms with E-state index >= 15 is 0 Å². The van der Waals surface area contributed by atoms with Crippen molar-refractivity contribution in [3.63, 3.8) is 0 Å². The number of amides is 2. The van der Waals surface area contributed by atoms with Gasteiger partial charge in [-0.05, 0) is 49.4 Å². The summed E-state index contributed by atoms with van der Waals surface area (Å²) in [7, 11) is 1.73. The van der Waals surface area contributed by atoms with Crippen LogP contribution in [-0.2, 0) is 16.0 Å². The lowest BCUT2D eigenvalue weighted by Crippen LogP contribution is -2.53. The van der Waals surface area contributed by atoms with Crippen molar-refractivity contribution in [2.45, 2.75) is 71.3 Å². The molecule has 0 saturated heterocycles. The molecule has 0 bridgehead atoms. The number of fused-ring (bicyclic) bond motifs is 2. The van der Waals surface area contributed by atoms with Crippen LogP contribution in [0, 0.1) is 40.4 Å². The summed E-state index contributed by atoms with van der Waals surface area (Å²) in [6.07, 6.45) is 4.25. The molecule has 3 aliphatic rings. The average molecular weight is 459 g/mol. The summed E-state index contributed by atoms with van der Waals surface area (Å²) in [4.78, 5) is 32.7. The fourth-order valence-electron chi connectivity index (χ4n) is 6.01. The van der Waals surface area contributed by atoms with Crippen molar-refractivity contribution >= 4 is 28.3 Å². The topological polar surface area (TPSA) is 106 Å². The van der Waals surface area contributed by atoms with Crippen LogP contribution in [0.2, 0.25) is 0 Å². The van der Waals surface area contributed by atoms with Gasteiger partial charge in [0, 0.05) is 36.2 Å². The van der Waals surface area contributed by atoms with Gasteiger partial charge in [0.15, 0.2) is 5.13 Å². The second kappa shape index (κ2) is 8.75. The summed E-state index contributed by atoms with van der Waals surface area (Å²) in [6.45, 7) is 6.71. The van der Waals surface area contributed by atoms with Crippen LogP contribution in [0.5, 0.6) is 0 Å². The fraction of sp³-hybridized carbons (Fsp3) is 0.750. The Labute approximate surface area is 194 Å². The van der Waals surface area contributed by atoms with Crippen molar-refractivity contribution in [3.05, 3.63) is 10.6 Å². The maximum Gasteiger partial charge on any atom is 0.229 e.